The Morgan fingerprint density at radius 1 is 1.21 bits per heavy atom. The molecule has 1 aliphatic rings. The SMILES string of the molecule is Cl.OC1(/C=C/c2ccc(C(F)(F)F)cc2)CCNC1. The number of hydrogen-bond donors (Lipinski definition) is 2. The van der Waals surface area contributed by atoms with E-state index in [1.165, 1.54) is 12.1 Å². The number of β-amino-alcohol motifs (C(OH)–C–C–N with tert-alkyl or cyclic N) is 1. The van der Waals surface area contributed by atoms with E-state index < -0.39 is 17.3 Å². The number of alkyl halides is 3. The van der Waals surface area contributed by atoms with Crippen LogP contribution < -0.4 is 5.32 Å². The number of nitrogens with one attached hydrogen (secondary N) is 1. The Kier molecular flexibility index (Phi) is 5.01. The molecule has 0 spiro atoms. The van der Waals surface area contributed by atoms with Gasteiger partial charge in [-0.05, 0) is 30.7 Å². The Hall–Kier alpha value is -1.04. The summed E-state index contributed by atoms with van der Waals surface area (Å²) in [5.41, 5.74) is -0.910. The van der Waals surface area contributed by atoms with E-state index in [9.17, 15) is 18.3 Å². The van der Waals surface area contributed by atoms with Crippen LogP contribution in [0.15, 0.2) is 30.3 Å². The van der Waals surface area contributed by atoms with Crippen molar-refractivity contribution >= 4 is 18.5 Å². The van der Waals surface area contributed by atoms with Gasteiger partial charge in [-0.1, -0.05) is 24.3 Å². The van der Waals surface area contributed by atoms with Gasteiger partial charge >= 0.3 is 6.18 Å². The number of rotatable bonds is 2. The Labute approximate surface area is 115 Å². The maximum absolute atomic E-state index is 12.3. The summed E-state index contributed by atoms with van der Waals surface area (Å²) in [4.78, 5) is 0. The topological polar surface area (TPSA) is 32.3 Å². The monoisotopic (exact) mass is 293 g/mol. The van der Waals surface area contributed by atoms with E-state index in [-0.39, 0.29) is 12.4 Å². The smallest absolute Gasteiger partial charge is 0.384 e. The predicted molar refractivity (Wildman–Crippen MR) is 70.2 cm³/mol. The predicted octanol–water partition coefficient (Wildman–Crippen LogP) is 2.86. The average molecular weight is 294 g/mol. The molecule has 1 saturated heterocycles. The van der Waals surface area contributed by atoms with Gasteiger partial charge in [-0.25, -0.2) is 0 Å². The fourth-order valence-corrected chi connectivity index (χ4v) is 1.87. The van der Waals surface area contributed by atoms with E-state index in [1.54, 1.807) is 12.2 Å². The van der Waals surface area contributed by atoms with Gasteiger partial charge < -0.3 is 10.4 Å². The summed E-state index contributed by atoms with van der Waals surface area (Å²) in [6.45, 7) is 1.22. The second-order valence-electron chi connectivity index (χ2n) is 4.48. The molecule has 1 aromatic carbocycles. The molecule has 1 unspecified atom stereocenters. The van der Waals surface area contributed by atoms with Crippen molar-refractivity contribution in [1.29, 1.82) is 0 Å². The van der Waals surface area contributed by atoms with E-state index in [1.807, 2.05) is 0 Å². The number of halogens is 4. The van der Waals surface area contributed by atoms with Crippen molar-refractivity contribution in [1.82, 2.24) is 5.32 Å². The van der Waals surface area contributed by atoms with Crippen LogP contribution in [0.4, 0.5) is 13.2 Å². The van der Waals surface area contributed by atoms with E-state index in [0.29, 0.717) is 18.5 Å². The molecule has 0 aliphatic carbocycles. The molecule has 2 rings (SSSR count). The quantitative estimate of drug-likeness (QED) is 0.879. The molecule has 0 amide bonds. The molecule has 6 heteroatoms. The van der Waals surface area contributed by atoms with Gasteiger partial charge in [0.25, 0.3) is 0 Å². The third kappa shape index (κ3) is 4.23. The van der Waals surface area contributed by atoms with Crippen LogP contribution in [0.3, 0.4) is 0 Å². The van der Waals surface area contributed by atoms with Gasteiger partial charge in [-0.3, -0.25) is 0 Å². The zero-order valence-electron chi connectivity index (χ0n) is 10.1. The van der Waals surface area contributed by atoms with Gasteiger partial charge in [-0.15, -0.1) is 12.4 Å². The lowest BCUT2D eigenvalue weighted by molar-refractivity contribution is -0.137. The molecule has 0 saturated carbocycles. The van der Waals surface area contributed by atoms with E-state index in [0.717, 1.165) is 18.7 Å². The molecular weight excluding hydrogens is 279 g/mol. The van der Waals surface area contributed by atoms with Gasteiger partial charge in [0.05, 0.1) is 11.2 Å². The first-order valence-electron chi connectivity index (χ1n) is 5.69. The zero-order chi connectivity index (χ0) is 13.2. The fourth-order valence-electron chi connectivity index (χ4n) is 1.87. The van der Waals surface area contributed by atoms with Crippen LogP contribution >= 0.6 is 12.4 Å². The molecule has 19 heavy (non-hydrogen) atoms. The summed E-state index contributed by atoms with van der Waals surface area (Å²) in [5, 5.41) is 13.0. The molecule has 1 atom stereocenters. The van der Waals surface area contributed by atoms with Gasteiger partial charge in [-0.2, -0.15) is 13.2 Å². The summed E-state index contributed by atoms with van der Waals surface area (Å²) < 4.78 is 37.0. The highest BCUT2D eigenvalue weighted by Crippen LogP contribution is 2.29. The van der Waals surface area contributed by atoms with Crippen molar-refractivity contribution in [3.8, 4) is 0 Å². The maximum Gasteiger partial charge on any atom is 0.416 e. The van der Waals surface area contributed by atoms with Crippen molar-refractivity contribution in [2.45, 2.75) is 18.2 Å². The van der Waals surface area contributed by atoms with Crippen molar-refractivity contribution in [3.63, 3.8) is 0 Å². The Bertz CT molecular complexity index is 436. The third-order valence-electron chi connectivity index (χ3n) is 2.99. The normalized spacial score (nSPS) is 23.6. The number of hydrogen-bond acceptors (Lipinski definition) is 2. The first-order valence-corrected chi connectivity index (χ1v) is 5.69. The Balaban J connectivity index is 0.00000180. The summed E-state index contributed by atoms with van der Waals surface area (Å²) in [6, 6.07) is 4.86. The van der Waals surface area contributed by atoms with Crippen LogP contribution in [0, 0.1) is 0 Å². The van der Waals surface area contributed by atoms with Crippen molar-refractivity contribution in [2.24, 2.45) is 0 Å². The molecule has 2 nitrogen and oxygen atoms in total. The summed E-state index contributed by atoms with van der Waals surface area (Å²) in [7, 11) is 0. The highest BCUT2D eigenvalue weighted by molar-refractivity contribution is 5.85. The molecule has 1 fully saturated rings. The third-order valence-corrected chi connectivity index (χ3v) is 2.99. The number of aliphatic hydroxyl groups is 1. The zero-order valence-corrected chi connectivity index (χ0v) is 10.9. The first-order chi connectivity index (χ1) is 8.39. The van der Waals surface area contributed by atoms with Crippen LogP contribution in [0.1, 0.15) is 17.5 Å². The van der Waals surface area contributed by atoms with E-state index in [4.69, 9.17) is 0 Å². The molecule has 1 aromatic rings. The van der Waals surface area contributed by atoms with Gasteiger partial charge in [0.1, 0.15) is 0 Å². The second-order valence-corrected chi connectivity index (χ2v) is 4.48. The highest BCUT2D eigenvalue weighted by Gasteiger charge is 2.30. The summed E-state index contributed by atoms with van der Waals surface area (Å²) in [5.74, 6) is 0. The van der Waals surface area contributed by atoms with Crippen molar-refractivity contribution < 1.29 is 18.3 Å². The minimum atomic E-state index is -4.31. The standard InChI is InChI=1S/C13H14F3NO.ClH/c14-13(15,16)11-3-1-10(2-4-11)5-6-12(18)7-8-17-9-12;/h1-6,17-18H,7-9H2;1H/b6-5+;. The van der Waals surface area contributed by atoms with E-state index >= 15 is 0 Å². The fraction of sp³-hybridized carbons (Fsp3) is 0.385. The Morgan fingerprint density at radius 3 is 2.32 bits per heavy atom. The minimum absolute atomic E-state index is 0. The second kappa shape index (κ2) is 5.94. The molecule has 1 heterocycles. The Morgan fingerprint density at radius 2 is 1.84 bits per heavy atom. The lowest BCUT2D eigenvalue weighted by Gasteiger charge is -2.15. The molecule has 0 aromatic heterocycles. The van der Waals surface area contributed by atoms with Crippen molar-refractivity contribution in [3.05, 3.63) is 41.5 Å². The van der Waals surface area contributed by atoms with Gasteiger partial charge in [0.2, 0.25) is 0 Å². The van der Waals surface area contributed by atoms with Gasteiger partial charge in [0, 0.05) is 6.54 Å². The average Bonchev–Trinajstić information content (AvgIpc) is 2.74. The lowest BCUT2D eigenvalue weighted by Crippen LogP contribution is -2.28. The maximum atomic E-state index is 12.3. The highest BCUT2D eigenvalue weighted by atomic mass is 35.5. The molecule has 106 valence electrons. The van der Waals surface area contributed by atoms with Crippen LogP contribution in [0.2, 0.25) is 0 Å². The molecule has 0 bridgehead atoms. The largest absolute Gasteiger partial charge is 0.416 e. The van der Waals surface area contributed by atoms with Crippen LogP contribution in [-0.2, 0) is 6.18 Å². The summed E-state index contributed by atoms with van der Waals surface area (Å²) >= 11 is 0. The van der Waals surface area contributed by atoms with Crippen molar-refractivity contribution in [2.75, 3.05) is 13.1 Å². The molecular formula is C13H15ClF3NO. The van der Waals surface area contributed by atoms with Gasteiger partial charge in [0.15, 0.2) is 0 Å². The molecule has 1 aliphatic heterocycles. The summed E-state index contributed by atoms with van der Waals surface area (Å²) in [6.07, 6.45) is -0.414. The lowest BCUT2D eigenvalue weighted by atomic mass is 10.0. The van der Waals surface area contributed by atoms with E-state index in [2.05, 4.69) is 5.32 Å². The molecule has 0 radical (unpaired) electrons. The minimum Gasteiger partial charge on any atom is -0.384 e. The van der Waals surface area contributed by atoms with Crippen LogP contribution in [0.5, 0.6) is 0 Å². The molecule has 2 N–H and O–H groups in total. The van der Waals surface area contributed by atoms with Crippen LogP contribution in [-0.4, -0.2) is 23.8 Å². The number of benzene rings is 1. The van der Waals surface area contributed by atoms with Crippen LogP contribution in [0.25, 0.3) is 6.08 Å². The first kappa shape index (κ1) is 16.0.